The van der Waals surface area contributed by atoms with Gasteiger partial charge in [-0.15, -0.1) is 0 Å². The molecule has 7 nitrogen and oxygen atoms in total. The zero-order chi connectivity index (χ0) is 27.8. The molecular formula is C33H30N2O5. The lowest BCUT2D eigenvalue weighted by Crippen LogP contribution is -2.38. The molecule has 0 radical (unpaired) electrons. The summed E-state index contributed by atoms with van der Waals surface area (Å²) in [5.41, 5.74) is 6.82. The maximum atomic E-state index is 13.6. The van der Waals surface area contributed by atoms with Crippen LogP contribution in [0.15, 0.2) is 66.7 Å². The van der Waals surface area contributed by atoms with Gasteiger partial charge in [-0.3, -0.25) is 4.79 Å². The summed E-state index contributed by atoms with van der Waals surface area (Å²) in [6, 6.07) is 21.2. The van der Waals surface area contributed by atoms with Gasteiger partial charge in [0.25, 0.3) is 5.91 Å². The van der Waals surface area contributed by atoms with Crippen LogP contribution in [0, 0.1) is 0 Å². The fraction of sp³-hybridized carbons (Fsp3) is 0.242. The van der Waals surface area contributed by atoms with Crippen LogP contribution in [-0.4, -0.2) is 43.7 Å². The Kier molecular flexibility index (Phi) is 6.72. The summed E-state index contributed by atoms with van der Waals surface area (Å²) < 4.78 is 16.5. The van der Waals surface area contributed by atoms with Gasteiger partial charge in [0.1, 0.15) is 0 Å². The molecule has 3 aromatic carbocycles. The van der Waals surface area contributed by atoms with Crippen molar-refractivity contribution in [2.75, 3.05) is 25.7 Å². The second-order valence-electron chi connectivity index (χ2n) is 10.1. The van der Waals surface area contributed by atoms with E-state index in [4.69, 9.17) is 19.2 Å². The number of allylic oxidation sites excluding steroid dienone is 1. The predicted octanol–water partition coefficient (Wildman–Crippen LogP) is 5.87. The third-order valence-corrected chi connectivity index (χ3v) is 7.70. The van der Waals surface area contributed by atoms with E-state index in [0.717, 1.165) is 51.9 Å². The fourth-order valence-electron chi connectivity index (χ4n) is 5.87. The lowest BCUT2D eigenvalue weighted by molar-refractivity contribution is -0.122. The van der Waals surface area contributed by atoms with Gasteiger partial charge in [-0.25, -0.2) is 9.78 Å². The minimum Gasteiger partial charge on any atom is -0.493 e. The van der Waals surface area contributed by atoms with Crippen LogP contribution >= 0.6 is 0 Å². The van der Waals surface area contributed by atoms with E-state index in [2.05, 4.69) is 6.08 Å². The number of hydrogen-bond donors (Lipinski definition) is 0. The third-order valence-electron chi connectivity index (χ3n) is 7.70. The molecule has 4 aromatic rings. The molecule has 2 heterocycles. The minimum absolute atomic E-state index is 0.0129. The highest BCUT2D eigenvalue weighted by Gasteiger charge is 2.32. The molecule has 202 valence electrons. The van der Waals surface area contributed by atoms with Crippen molar-refractivity contribution in [1.29, 1.82) is 0 Å². The van der Waals surface area contributed by atoms with E-state index < -0.39 is 5.97 Å². The minimum atomic E-state index is -0.504. The molecule has 2 aliphatic rings. The Morgan fingerprint density at radius 3 is 2.58 bits per heavy atom. The molecule has 0 bridgehead atoms. The number of ether oxygens (including phenoxy) is 3. The van der Waals surface area contributed by atoms with Gasteiger partial charge in [0.15, 0.2) is 18.1 Å². The third kappa shape index (κ3) is 4.47. The van der Waals surface area contributed by atoms with Crippen LogP contribution in [0.4, 0.5) is 5.69 Å². The zero-order valence-corrected chi connectivity index (χ0v) is 22.8. The Hall–Kier alpha value is -4.65. The molecule has 1 atom stereocenters. The first-order valence-corrected chi connectivity index (χ1v) is 13.4. The maximum absolute atomic E-state index is 13.6. The van der Waals surface area contributed by atoms with Crippen molar-refractivity contribution in [2.24, 2.45) is 0 Å². The summed E-state index contributed by atoms with van der Waals surface area (Å²) in [6.45, 7) is 1.69. The van der Waals surface area contributed by atoms with Crippen LogP contribution in [0.25, 0.3) is 22.6 Å². The van der Waals surface area contributed by atoms with E-state index in [-0.39, 0.29) is 18.6 Å². The van der Waals surface area contributed by atoms with Gasteiger partial charge in [-0.2, -0.15) is 0 Å². The number of benzene rings is 3. The number of rotatable bonds is 6. The van der Waals surface area contributed by atoms with Gasteiger partial charge in [0.2, 0.25) is 0 Å². The maximum Gasteiger partial charge on any atom is 0.339 e. The fourth-order valence-corrected chi connectivity index (χ4v) is 5.87. The summed E-state index contributed by atoms with van der Waals surface area (Å²) in [6.07, 6.45) is 4.24. The van der Waals surface area contributed by atoms with Crippen molar-refractivity contribution in [2.45, 2.75) is 32.2 Å². The Morgan fingerprint density at radius 1 is 0.975 bits per heavy atom. The van der Waals surface area contributed by atoms with E-state index in [1.165, 1.54) is 0 Å². The number of pyridine rings is 1. The van der Waals surface area contributed by atoms with Crippen LogP contribution in [0.1, 0.15) is 46.1 Å². The molecule has 1 aliphatic heterocycles. The second-order valence-corrected chi connectivity index (χ2v) is 10.1. The molecule has 0 spiro atoms. The summed E-state index contributed by atoms with van der Waals surface area (Å²) in [5, 5.41) is 0.728. The molecule has 6 rings (SSSR count). The molecule has 0 N–H and O–H groups in total. The zero-order valence-electron chi connectivity index (χ0n) is 22.8. The van der Waals surface area contributed by atoms with Gasteiger partial charge in [0.05, 0.1) is 31.0 Å². The van der Waals surface area contributed by atoms with E-state index >= 15 is 0 Å². The number of carbonyl (C=O) groups is 2. The summed E-state index contributed by atoms with van der Waals surface area (Å²) in [5.74, 6) is 0.572. The number of carbonyl (C=O) groups excluding carboxylic acids is 2. The molecule has 1 unspecified atom stereocenters. The lowest BCUT2D eigenvalue weighted by atomic mass is 10.0. The number of aromatic nitrogens is 1. The highest BCUT2D eigenvalue weighted by molar-refractivity contribution is 6.08. The summed E-state index contributed by atoms with van der Waals surface area (Å²) in [4.78, 5) is 33.5. The highest BCUT2D eigenvalue weighted by Crippen LogP contribution is 2.39. The van der Waals surface area contributed by atoms with Crippen molar-refractivity contribution >= 4 is 40.1 Å². The van der Waals surface area contributed by atoms with Crippen LogP contribution in [-0.2, 0) is 22.4 Å². The monoisotopic (exact) mass is 534 g/mol. The normalized spacial score (nSPS) is 16.6. The number of methoxy groups -OCH3 is 2. The number of hydrogen-bond acceptors (Lipinski definition) is 6. The number of anilines is 1. The highest BCUT2D eigenvalue weighted by atomic mass is 16.5. The first-order valence-electron chi connectivity index (χ1n) is 13.4. The van der Waals surface area contributed by atoms with Gasteiger partial charge < -0.3 is 19.1 Å². The Bertz CT molecular complexity index is 1680. The second kappa shape index (κ2) is 10.5. The standard InChI is InChI=1S/C33H30N2O5/c1-20-16-22-8-4-7-11-27(22)35(20)30(36)19-40-33(37)31-24-9-5-6-10-26(24)34-32-23(13-14-25(31)32)17-21-12-15-28(38-2)29(18-21)39-3/h4-12,15,17-18,20H,13-14,16,19H2,1-3H3. The van der Waals surface area contributed by atoms with E-state index in [9.17, 15) is 9.59 Å². The Balaban J connectivity index is 1.31. The molecule has 7 heteroatoms. The Labute approximate surface area is 233 Å². The van der Waals surface area contributed by atoms with Crippen molar-refractivity contribution in [3.8, 4) is 11.5 Å². The lowest BCUT2D eigenvalue weighted by Gasteiger charge is -2.22. The molecular weight excluding hydrogens is 504 g/mol. The van der Waals surface area contributed by atoms with Crippen LogP contribution in [0.3, 0.4) is 0 Å². The van der Waals surface area contributed by atoms with Crippen LogP contribution in [0.5, 0.6) is 11.5 Å². The molecule has 1 amide bonds. The van der Waals surface area contributed by atoms with Crippen molar-refractivity contribution in [1.82, 2.24) is 4.98 Å². The molecule has 0 saturated carbocycles. The average Bonchev–Trinajstić information content (AvgIpc) is 3.53. The Morgan fingerprint density at radius 2 is 1.75 bits per heavy atom. The molecule has 0 saturated heterocycles. The molecule has 0 fully saturated rings. The van der Waals surface area contributed by atoms with Crippen LogP contribution in [0.2, 0.25) is 0 Å². The number of fused-ring (bicyclic) bond motifs is 3. The average molecular weight is 535 g/mol. The molecule has 40 heavy (non-hydrogen) atoms. The largest absolute Gasteiger partial charge is 0.493 e. The van der Waals surface area contributed by atoms with E-state index in [1.807, 2.05) is 73.7 Å². The quantitative estimate of drug-likeness (QED) is 0.288. The van der Waals surface area contributed by atoms with Crippen molar-refractivity contribution < 1.29 is 23.8 Å². The molecule has 1 aliphatic carbocycles. The van der Waals surface area contributed by atoms with Crippen LogP contribution < -0.4 is 14.4 Å². The topological polar surface area (TPSA) is 78.0 Å². The van der Waals surface area contributed by atoms with Crippen molar-refractivity contribution in [3.63, 3.8) is 0 Å². The number of amides is 1. The van der Waals surface area contributed by atoms with Gasteiger partial charge in [-0.05, 0) is 78.8 Å². The van der Waals surface area contributed by atoms with Gasteiger partial charge >= 0.3 is 5.97 Å². The number of para-hydroxylation sites is 2. The summed E-state index contributed by atoms with van der Waals surface area (Å²) >= 11 is 0. The smallest absolute Gasteiger partial charge is 0.339 e. The predicted molar refractivity (Wildman–Crippen MR) is 155 cm³/mol. The first-order chi connectivity index (χ1) is 19.5. The molecule has 1 aromatic heterocycles. The van der Waals surface area contributed by atoms with Gasteiger partial charge in [-0.1, -0.05) is 42.5 Å². The number of nitrogens with zero attached hydrogens (tertiary/aromatic N) is 2. The van der Waals surface area contributed by atoms with Gasteiger partial charge in [0, 0.05) is 17.1 Å². The van der Waals surface area contributed by atoms with Crippen molar-refractivity contribution in [3.05, 3.63) is 94.7 Å². The number of esters is 1. The van der Waals surface area contributed by atoms with E-state index in [0.29, 0.717) is 29.0 Å². The first kappa shape index (κ1) is 25.6. The van der Waals surface area contributed by atoms with E-state index in [1.54, 1.807) is 19.1 Å². The summed E-state index contributed by atoms with van der Waals surface area (Å²) in [7, 11) is 3.22. The SMILES string of the molecule is COc1ccc(C=C2CCc3c2nc2ccccc2c3C(=O)OCC(=O)N2c3ccccc3CC2C)cc1OC.